The zero-order chi connectivity index (χ0) is 96.9. The van der Waals surface area contributed by atoms with Crippen molar-refractivity contribution in [1.82, 2.24) is 50.3 Å². The number of benzene rings is 9. The minimum atomic E-state index is -0.616. The maximum Gasteiger partial charge on any atom is 0.283 e. The highest BCUT2D eigenvalue weighted by molar-refractivity contribution is 6.42. The number of halogens is 4. The number of fused-ring (bicyclic) bond motifs is 5. The van der Waals surface area contributed by atoms with Gasteiger partial charge in [0.15, 0.2) is 23.0 Å². The molecule has 8 aromatic heterocycles. The predicted molar refractivity (Wildman–Crippen MR) is 543 cm³/mol. The Morgan fingerprint density at radius 2 is 0.693 bits per heavy atom. The average molecular weight is 1980 g/mol. The van der Waals surface area contributed by atoms with Gasteiger partial charge in [0.1, 0.15) is 96.2 Å². The van der Waals surface area contributed by atoms with Crippen LogP contribution in [-0.2, 0) is 12.8 Å². The molecule has 4 aliphatic rings. The van der Waals surface area contributed by atoms with Gasteiger partial charge in [-0.25, -0.2) is 0 Å². The second-order valence-corrected chi connectivity index (χ2v) is 38.2. The van der Waals surface area contributed by atoms with Crippen LogP contribution in [0.1, 0.15) is 121 Å². The Morgan fingerprint density at radius 3 is 1.08 bits per heavy atom. The molecule has 4 fully saturated rings. The molecule has 4 saturated heterocycles. The molecule has 4 N–H and O–H groups in total. The SMILES string of the molecule is CCc1nnc(-c2cc3c(OC[C@@H](O)CN4CCC(c5ccc(C)c(C)c5)CC4)cccc3o2)o1.CCc1nnc(-c2cc3c(OC[C@@H](O)CN4CCC(c5ccc(Cl)c(Cl)c5)CC4)cccc3o2)o1.Cc1cc(-c2cc3c(OC[C@@H](O)CN4CCC(c5ccc6ccccc6c5)CC4)cccc3o2)on1.Cc1cc(-c2cc3c(OC[C@@H](O)CN4CCN(c5ccc(Cl)c(Cl)c5)CC4)cccc3o2)on1. The standard InChI is InChI=1S/C30H30N2O4.C28H33N3O4.C26H27Cl2N3O4.C25H25Cl2N3O4/c1-20-15-30(36-31-20)29-17-26-27(7-4-8-28(26)35-29)34-19-25(33)18-32-13-11-22(12-14-32)24-10-9-21-5-2-3-6-23(21)16-24;1-4-27-29-30-28(35-27)26-15-23-24(6-5-7-25(23)34-26)33-17-22(32)16-31-12-10-20(11-13-31)21-9-8-18(2)19(3)14-21;1-2-25-29-30-26(35-25)24-13-19-22(4-3-5-23(19)34-24)33-15-18(32)14-31-10-8-16(9-11-31)17-6-7-20(27)21(28)12-17;1-16-11-25(34-28-16)24-13-19-22(3-2-4-23(19)33-24)32-15-18(31)14-29-7-9-30(10-8-29)17-5-6-20(26)21(27)12-17/h2-10,15-17,22,25,33H,11-14,18-19H2,1H3;5-9,14-15,20,22,32H,4,10-13,16-17H2,1-3H3;3-7,12-13,16,18,32H,2,8-11,14-15H2,1H3;2-6,11-13,18,31H,7-10,14-15H2,1H3/t25-;22-;2*18-/m0000/s1. The van der Waals surface area contributed by atoms with Crippen LogP contribution in [0.5, 0.6) is 23.0 Å². The van der Waals surface area contributed by atoms with Crippen LogP contribution in [0.2, 0.25) is 20.1 Å². The number of hydrogen-bond acceptors (Lipinski definition) is 27. The molecule has 0 amide bonds. The van der Waals surface area contributed by atoms with E-state index >= 15 is 0 Å². The van der Waals surface area contributed by atoms with Gasteiger partial charge in [0, 0.05) is 95.2 Å². The van der Waals surface area contributed by atoms with Gasteiger partial charge < -0.3 is 94.5 Å². The summed E-state index contributed by atoms with van der Waals surface area (Å²) in [4.78, 5) is 11.5. The molecule has 0 saturated carbocycles. The molecule has 140 heavy (non-hydrogen) atoms. The summed E-state index contributed by atoms with van der Waals surface area (Å²) in [6.45, 7) is 24.2. The third-order valence-electron chi connectivity index (χ3n) is 26.5. The van der Waals surface area contributed by atoms with Crippen LogP contribution < -0.4 is 23.8 Å². The molecule has 0 aliphatic carbocycles. The first-order valence-electron chi connectivity index (χ1n) is 48.0. The fourth-order valence-corrected chi connectivity index (χ4v) is 19.3. The van der Waals surface area contributed by atoms with Crippen molar-refractivity contribution in [3.63, 3.8) is 0 Å². The first kappa shape index (κ1) is 98.1. The largest absolute Gasteiger partial charge is 0.490 e. The lowest BCUT2D eigenvalue weighted by Gasteiger charge is -2.37. The van der Waals surface area contributed by atoms with E-state index in [0.717, 1.165) is 143 Å². The first-order valence-corrected chi connectivity index (χ1v) is 49.6. The maximum absolute atomic E-state index is 10.7. The highest BCUT2D eigenvalue weighted by Gasteiger charge is 2.30. The predicted octanol–water partition coefficient (Wildman–Crippen LogP) is 22.7. The van der Waals surface area contributed by atoms with Gasteiger partial charge in [-0.1, -0.05) is 162 Å². The second kappa shape index (κ2) is 45.7. The van der Waals surface area contributed by atoms with Crippen LogP contribution in [-0.4, -0.2) is 213 Å². The molecule has 4 aliphatic heterocycles. The number of anilines is 1. The van der Waals surface area contributed by atoms with Gasteiger partial charge in [-0.15, -0.1) is 20.4 Å². The molecule has 4 atom stereocenters. The molecule has 12 heterocycles. The van der Waals surface area contributed by atoms with Crippen molar-refractivity contribution >= 4 is 107 Å². The number of aryl methyl sites for hydroxylation is 6. The molecular formula is C109H115Cl4N11O16. The van der Waals surface area contributed by atoms with Crippen molar-refractivity contribution in [2.75, 3.05) is 123 Å². The van der Waals surface area contributed by atoms with Gasteiger partial charge in [-0.3, -0.25) is 4.90 Å². The molecule has 17 aromatic rings. The molecule has 0 radical (unpaired) electrons. The maximum atomic E-state index is 10.7. The highest BCUT2D eigenvalue weighted by Crippen LogP contribution is 2.42. The first-order chi connectivity index (χ1) is 68.1. The zero-order valence-corrected chi connectivity index (χ0v) is 82.2. The molecule has 9 aromatic carbocycles. The average Bonchev–Trinajstić information content (AvgIpc) is 1.63. The van der Waals surface area contributed by atoms with Gasteiger partial charge >= 0.3 is 0 Å². The summed E-state index contributed by atoms with van der Waals surface area (Å²) in [5.74, 6) is 9.45. The van der Waals surface area contributed by atoms with Crippen molar-refractivity contribution in [3.8, 4) is 69.3 Å². The van der Waals surface area contributed by atoms with Crippen molar-refractivity contribution in [2.24, 2.45) is 0 Å². The number of piperidine rings is 3. The van der Waals surface area contributed by atoms with E-state index in [1.165, 1.54) is 38.6 Å². The van der Waals surface area contributed by atoms with E-state index in [4.69, 9.17) is 101 Å². The lowest BCUT2D eigenvalue weighted by Crippen LogP contribution is -2.49. The number of piperazine rings is 1. The molecule has 730 valence electrons. The fourth-order valence-electron chi connectivity index (χ4n) is 18.7. The summed E-state index contributed by atoms with van der Waals surface area (Å²) in [5, 5.41) is 74.8. The number of hydrogen-bond donors (Lipinski definition) is 4. The summed E-state index contributed by atoms with van der Waals surface area (Å²) < 4.78 is 69.4. The highest BCUT2D eigenvalue weighted by atomic mass is 35.5. The summed E-state index contributed by atoms with van der Waals surface area (Å²) in [6, 6.07) is 67.4. The zero-order valence-electron chi connectivity index (χ0n) is 79.2. The number of rotatable bonds is 30. The number of likely N-dealkylation sites (tertiary alicyclic amines) is 3. The van der Waals surface area contributed by atoms with E-state index in [1.807, 2.05) is 167 Å². The number of aromatic nitrogens is 6. The number of aliphatic hydroxyl groups excluding tert-OH is 4. The molecular weight excluding hydrogens is 1860 g/mol. The third-order valence-corrected chi connectivity index (χ3v) is 27.9. The van der Waals surface area contributed by atoms with E-state index in [2.05, 4.69) is 136 Å². The smallest absolute Gasteiger partial charge is 0.283 e. The van der Waals surface area contributed by atoms with Crippen LogP contribution in [0.25, 0.3) is 101 Å². The van der Waals surface area contributed by atoms with Gasteiger partial charge in [-0.2, -0.15) is 0 Å². The van der Waals surface area contributed by atoms with Crippen molar-refractivity contribution in [2.45, 2.75) is 135 Å². The van der Waals surface area contributed by atoms with E-state index < -0.39 is 24.4 Å². The topological polar surface area (TPSA) is 316 Å². The van der Waals surface area contributed by atoms with Crippen molar-refractivity contribution in [3.05, 3.63) is 277 Å². The minimum Gasteiger partial charge on any atom is -0.490 e. The molecule has 0 spiro atoms. The molecule has 31 heteroatoms. The lowest BCUT2D eigenvalue weighted by atomic mass is 9.88. The quantitative estimate of drug-likeness (QED) is 0.0325. The van der Waals surface area contributed by atoms with Gasteiger partial charge in [0.05, 0.1) is 53.0 Å². The van der Waals surface area contributed by atoms with Crippen LogP contribution >= 0.6 is 46.4 Å². The Labute approximate surface area is 831 Å². The minimum absolute atomic E-state index is 0.187. The summed E-state index contributed by atoms with van der Waals surface area (Å²) in [7, 11) is 0. The number of furan rings is 4. The van der Waals surface area contributed by atoms with Crippen molar-refractivity contribution < 1.29 is 74.9 Å². The summed E-state index contributed by atoms with van der Waals surface area (Å²) in [5.41, 5.74) is 12.2. The fraction of sp³-hybridized carbons (Fsp3) is 0.358. The van der Waals surface area contributed by atoms with Gasteiger partial charge in [-0.05, 0) is 253 Å². The molecule has 27 nitrogen and oxygen atoms in total. The Balaban J connectivity index is 0.000000124. The number of ether oxygens (including phenoxy) is 4. The third kappa shape index (κ3) is 24.6. The second-order valence-electron chi connectivity index (χ2n) is 36.6. The van der Waals surface area contributed by atoms with Crippen LogP contribution in [0, 0.1) is 27.7 Å². The van der Waals surface area contributed by atoms with Gasteiger partial charge in [0.25, 0.3) is 11.8 Å². The number of nitrogens with zero attached hydrogens (tertiary/aromatic N) is 11. The monoisotopic (exact) mass is 1970 g/mol. The van der Waals surface area contributed by atoms with E-state index in [1.54, 1.807) is 0 Å². The summed E-state index contributed by atoms with van der Waals surface area (Å²) in [6.07, 6.45) is 5.42. The number of β-amino-alcohol motifs (C(OH)–C–C–N with tert-alkyl or cyclic N) is 4. The Kier molecular flexibility index (Phi) is 32.0. The molecule has 0 bridgehead atoms. The Hall–Kier alpha value is -12.1. The van der Waals surface area contributed by atoms with E-state index in [-0.39, 0.29) is 26.4 Å². The van der Waals surface area contributed by atoms with Crippen LogP contribution in [0.15, 0.2) is 242 Å². The normalized spacial score (nSPS) is 16.0. The van der Waals surface area contributed by atoms with E-state index in [0.29, 0.717) is 180 Å². The van der Waals surface area contributed by atoms with Gasteiger partial charge in [0.2, 0.25) is 23.3 Å². The Bertz CT molecular complexity index is 6790. The number of aliphatic hydroxyl groups is 4. The molecule has 21 rings (SSSR count). The van der Waals surface area contributed by atoms with E-state index in [9.17, 15) is 20.4 Å². The molecule has 0 unspecified atom stereocenters. The summed E-state index contributed by atoms with van der Waals surface area (Å²) >= 11 is 24.4. The Morgan fingerprint density at radius 1 is 0.329 bits per heavy atom. The van der Waals surface area contributed by atoms with Crippen molar-refractivity contribution in [1.29, 1.82) is 0 Å². The lowest BCUT2D eigenvalue weighted by molar-refractivity contribution is 0.0598. The van der Waals surface area contributed by atoms with Crippen LogP contribution in [0.3, 0.4) is 0 Å². The van der Waals surface area contributed by atoms with Crippen LogP contribution in [0.4, 0.5) is 5.69 Å².